The smallest absolute Gasteiger partial charge is 0.248 e. The average Bonchev–Trinajstić information content (AvgIpc) is 2.60. The normalized spacial score (nSPS) is 14.9. The third-order valence-corrected chi connectivity index (χ3v) is 3.79. The van der Waals surface area contributed by atoms with Crippen LogP contribution in [0.1, 0.15) is 13.3 Å². The van der Waals surface area contributed by atoms with Gasteiger partial charge >= 0.3 is 0 Å². The van der Waals surface area contributed by atoms with Crippen molar-refractivity contribution in [2.75, 3.05) is 63.2 Å². The molecular weight excluding hydrogens is 336 g/mol. The van der Waals surface area contributed by atoms with Crippen LogP contribution in [0.2, 0.25) is 5.15 Å². The maximum absolute atomic E-state index is 12.1. The molecule has 0 aliphatic carbocycles. The van der Waals surface area contributed by atoms with Crippen molar-refractivity contribution in [1.29, 1.82) is 0 Å². The number of nitrogens with two attached hydrogens (primary N) is 1. The fourth-order valence-electron chi connectivity index (χ4n) is 2.22. The first-order chi connectivity index (χ1) is 11.6. The van der Waals surface area contributed by atoms with Crippen molar-refractivity contribution in [3.63, 3.8) is 0 Å². The lowest BCUT2D eigenvalue weighted by molar-refractivity contribution is -0.136. The molecule has 1 aliphatic heterocycles. The highest BCUT2D eigenvalue weighted by Gasteiger charge is 2.23. The zero-order chi connectivity index (χ0) is 17.4. The van der Waals surface area contributed by atoms with Crippen LogP contribution in [-0.4, -0.2) is 78.6 Å². The summed E-state index contributed by atoms with van der Waals surface area (Å²) in [6.07, 6.45) is 0.974. The molecular formula is C14H23ClN6O3. The highest BCUT2D eigenvalue weighted by molar-refractivity contribution is 6.31. The van der Waals surface area contributed by atoms with E-state index in [1.54, 1.807) is 4.90 Å². The lowest BCUT2D eigenvalue weighted by Gasteiger charge is -2.34. The van der Waals surface area contributed by atoms with Crippen LogP contribution in [0.4, 0.5) is 11.8 Å². The minimum absolute atomic E-state index is 0.0280. The fraction of sp³-hybridized carbons (Fsp3) is 0.714. The lowest BCUT2D eigenvalue weighted by atomic mass is 10.3. The highest BCUT2D eigenvalue weighted by atomic mass is 35.5. The number of anilines is 2. The largest absolute Gasteiger partial charge is 0.381 e. The molecule has 24 heavy (non-hydrogen) atoms. The quantitative estimate of drug-likeness (QED) is 0.657. The number of hydrogen-bond donors (Lipinski definition) is 1. The summed E-state index contributed by atoms with van der Waals surface area (Å²) >= 11 is 5.72. The molecule has 2 heterocycles. The van der Waals surface area contributed by atoms with E-state index < -0.39 is 0 Å². The van der Waals surface area contributed by atoms with Gasteiger partial charge in [-0.05, 0) is 6.42 Å². The van der Waals surface area contributed by atoms with E-state index in [0.717, 1.165) is 6.42 Å². The second kappa shape index (κ2) is 9.55. The number of carbonyl (C=O) groups excluding carboxylic acids is 1. The number of piperazine rings is 1. The molecule has 9 nitrogen and oxygen atoms in total. The van der Waals surface area contributed by atoms with E-state index in [1.165, 1.54) is 0 Å². The van der Waals surface area contributed by atoms with Gasteiger partial charge in [-0.1, -0.05) is 18.5 Å². The van der Waals surface area contributed by atoms with E-state index in [-0.39, 0.29) is 23.5 Å². The Hall–Kier alpha value is -1.71. The van der Waals surface area contributed by atoms with Gasteiger partial charge < -0.3 is 25.0 Å². The van der Waals surface area contributed by atoms with Crippen molar-refractivity contribution in [3.05, 3.63) is 5.15 Å². The summed E-state index contributed by atoms with van der Waals surface area (Å²) in [5.74, 6) is 0.548. The molecule has 0 aromatic carbocycles. The van der Waals surface area contributed by atoms with Crippen molar-refractivity contribution >= 4 is 29.3 Å². The van der Waals surface area contributed by atoms with Crippen LogP contribution in [0.15, 0.2) is 0 Å². The number of ether oxygens (including phenoxy) is 2. The summed E-state index contributed by atoms with van der Waals surface area (Å²) in [6.45, 7) is 6.12. The Labute approximate surface area is 146 Å². The molecule has 1 aromatic heterocycles. The van der Waals surface area contributed by atoms with Crippen LogP contribution in [0.5, 0.6) is 0 Å². The molecule has 10 heteroatoms. The van der Waals surface area contributed by atoms with Crippen molar-refractivity contribution in [2.45, 2.75) is 13.3 Å². The predicted molar refractivity (Wildman–Crippen MR) is 90.0 cm³/mol. The summed E-state index contributed by atoms with van der Waals surface area (Å²) < 4.78 is 10.6. The minimum atomic E-state index is -0.0280. The molecule has 1 aliphatic rings. The number of amides is 1. The summed E-state index contributed by atoms with van der Waals surface area (Å²) in [6, 6.07) is 0. The second-order valence-electron chi connectivity index (χ2n) is 5.32. The molecule has 1 saturated heterocycles. The topological polar surface area (TPSA) is 107 Å². The number of rotatable bonds is 8. The molecule has 0 bridgehead atoms. The van der Waals surface area contributed by atoms with E-state index >= 15 is 0 Å². The molecule has 134 valence electrons. The van der Waals surface area contributed by atoms with E-state index in [1.807, 2.05) is 11.8 Å². The van der Waals surface area contributed by atoms with Gasteiger partial charge in [0.1, 0.15) is 6.61 Å². The molecule has 0 unspecified atom stereocenters. The Balaban J connectivity index is 1.70. The number of nitrogens with zero attached hydrogens (tertiary/aromatic N) is 5. The number of halogens is 1. The SMILES string of the molecule is CCCOCCOCC(=O)N1CCN(c2nnc(Cl)c(N)n2)CC1. The van der Waals surface area contributed by atoms with Crippen LogP contribution >= 0.6 is 11.6 Å². The van der Waals surface area contributed by atoms with Crippen LogP contribution in [0.25, 0.3) is 0 Å². The van der Waals surface area contributed by atoms with Gasteiger partial charge in [0.2, 0.25) is 11.9 Å². The Kier molecular flexibility index (Phi) is 7.41. The van der Waals surface area contributed by atoms with Crippen molar-refractivity contribution in [1.82, 2.24) is 20.1 Å². The van der Waals surface area contributed by atoms with Gasteiger partial charge in [0.25, 0.3) is 0 Å². The van der Waals surface area contributed by atoms with Crippen molar-refractivity contribution < 1.29 is 14.3 Å². The highest BCUT2D eigenvalue weighted by Crippen LogP contribution is 2.16. The number of carbonyl (C=O) groups is 1. The maximum atomic E-state index is 12.1. The van der Waals surface area contributed by atoms with Gasteiger partial charge in [-0.3, -0.25) is 4.79 Å². The van der Waals surface area contributed by atoms with E-state index in [0.29, 0.717) is 51.9 Å². The van der Waals surface area contributed by atoms with Gasteiger partial charge in [-0.2, -0.15) is 4.98 Å². The van der Waals surface area contributed by atoms with E-state index in [9.17, 15) is 4.79 Å². The number of aromatic nitrogens is 3. The number of hydrogen-bond acceptors (Lipinski definition) is 8. The first-order valence-electron chi connectivity index (χ1n) is 7.95. The first-order valence-corrected chi connectivity index (χ1v) is 8.33. The van der Waals surface area contributed by atoms with Gasteiger partial charge in [-0.25, -0.2) is 0 Å². The van der Waals surface area contributed by atoms with Gasteiger partial charge in [0, 0.05) is 32.8 Å². The molecule has 0 saturated carbocycles. The van der Waals surface area contributed by atoms with Crippen LogP contribution < -0.4 is 10.6 Å². The Morgan fingerprint density at radius 2 is 1.88 bits per heavy atom. The molecule has 2 rings (SSSR count). The van der Waals surface area contributed by atoms with Crippen LogP contribution in [0, 0.1) is 0 Å². The standard InChI is InChI=1S/C14H23ClN6O3/c1-2-7-23-8-9-24-10-11(22)20-3-5-21(6-4-20)14-17-13(16)12(15)18-19-14/h2-10H2,1H3,(H2,16,17,19). The number of nitrogen functional groups attached to an aromatic ring is 1. The summed E-state index contributed by atoms with van der Waals surface area (Å²) in [5.41, 5.74) is 5.64. The van der Waals surface area contributed by atoms with Crippen molar-refractivity contribution in [2.24, 2.45) is 0 Å². The minimum Gasteiger partial charge on any atom is -0.381 e. The molecule has 1 amide bonds. The van der Waals surface area contributed by atoms with Crippen molar-refractivity contribution in [3.8, 4) is 0 Å². The van der Waals surface area contributed by atoms with E-state index in [2.05, 4.69) is 15.2 Å². The first kappa shape index (κ1) is 18.6. The molecule has 2 N–H and O–H groups in total. The zero-order valence-corrected chi connectivity index (χ0v) is 14.5. The van der Waals surface area contributed by atoms with Gasteiger partial charge in [0.05, 0.1) is 13.2 Å². The Morgan fingerprint density at radius 3 is 2.54 bits per heavy atom. The summed E-state index contributed by atoms with van der Waals surface area (Å²) in [4.78, 5) is 19.9. The van der Waals surface area contributed by atoms with Crippen LogP contribution in [0.3, 0.4) is 0 Å². The summed E-state index contributed by atoms with van der Waals surface area (Å²) in [5, 5.41) is 7.77. The van der Waals surface area contributed by atoms with Gasteiger partial charge in [-0.15, -0.1) is 10.2 Å². The van der Waals surface area contributed by atoms with Crippen LogP contribution in [-0.2, 0) is 14.3 Å². The molecule has 0 atom stereocenters. The Bertz CT molecular complexity index is 539. The second-order valence-corrected chi connectivity index (χ2v) is 5.68. The fourth-order valence-corrected chi connectivity index (χ4v) is 2.30. The maximum Gasteiger partial charge on any atom is 0.248 e. The van der Waals surface area contributed by atoms with E-state index in [4.69, 9.17) is 26.8 Å². The lowest BCUT2D eigenvalue weighted by Crippen LogP contribution is -2.50. The zero-order valence-electron chi connectivity index (χ0n) is 13.8. The third-order valence-electron chi connectivity index (χ3n) is 3.52. The monoisotopic (exact) mass is 358 g/mol. The Morgan fingerprint density at radius 1 is 1.17 bits per heavy atom. The van der Waals surface area contributed by atoms with Gasteiger partial charge in [0.15, 0.2) is 11.0 Å². The molecule has 1 aromatic rings. The molecule has 0 radical (unpaired) electrons. The third kappa shape index (κ3) is 5.43. The molecule has 1 fully saturated rings. The molecule has 0 spiro atoms. The summed E-state index contributed by atoms with van der Waals surface area (Å²) in [7, 11) is 0. The average molecular weight is 359 g/mol. The predicted octanol–water partition coefficient (Wildman–Crippen LogP) is 0.199.